The molecule has 0 unspecified atom stereocenters. The summed E-state index contributed by atoms with van der Waals surface area (Å²) in [6, 6.07) is 10.4. The lowest BCUT2D eigenvalue weighted by Crippen LogP contribution is -2.38. The fraction of sp³-hybridized carbons (Fsp3) is 0.222. The van der Waals surface area contributed by atoms with Crippen LogP contribution in [0.15, 0.2) is 42.5 Å². The van der Waals surface area contributed by atoms with Gasteiger partial charge in [-0.05, 0) is 55.8 Å². The maximum atomic E-state index is 13.0. The summed E-state index contributed by atoms with van der Waals surface area (Å²) in [6.45, 7) is 3.89. The number of aryl methyl sites for hydroxylation is 1. The van der Waals surface area contributed by atoms with Gasteiger partial charge in [0, 0.05) is 22.8 Å². The van der Waals surface area contributed by atoms with Gasteiger partial charge in [0.05, 0.1) is 0 Å². The summed E-state index contributed by atoms with van der Waals surface area (Å²) < 4.78 is 13.0. The summed E-state index contributed by atoms with van der Waals surface area (Å²) in [7, 11) is 0. The Bertz CT molecular complexity index is 747. The van der Waals surface area contributed by atoms with Crippen LogP contribution in [0.2, 0.25) is 5.02 Å². The maximum absolute atomic E-state index is 13.0. The Hall–Kier alpha value is -2.40. The summed E-state index contributed by atoms with van der Waals surface area (Å²) >= 11 is 5.93. The molecule has 126 valence electrons. The zero-order valence-electron chi connectivity index (χ0n) is 13.5. The number of benzene rings is 2. The summed E-state index contributed by atoms with van der Waals surface area (Å²) in [5.41, 5.74) is 1.82. The molecule has 0 aliphatic rings. The Morgan fingerprint density at radius 2 is 1.83 bits per heavy atom. The van der Waals surface area contributed by atoms with Gasteiger partial charge >= 0.3 is 0 Å². The smallest absolute Gasteiger partial charge is 0.254 e. The number of carbonyl (C=O) groups excluding carboxylic acids is 2. The molecule has 0 saturated heterocycles. The van der Waals surface area contributed by atoms with Crippen LogP contribution in [0.5, 0.6) is 0 Å². The fourth-order valence-electron chi connectivity index (χ4n) is 2.19. The first-order chi connectivity index (χ1) is 11.4. The minimum absolute atomic E-state index is 0.0985. The molecule has 6 heteroatoms. The average molecular weight is 349 g/mol. The Labute approximate surface area is 145 Å². The van der Waals surface area contributed by atoms with Crippen molar-refractivity contribution in [3.8, 4) is 0 Å². The van der Waals surface area contributed by atoms with E-state index in [2.05, 4.69) is 5.32 Å². The van der Waals surface area contributed by atoms with Crippen molar-refractivity contribution in [1.82, 2.24) is 4.90 Å². The average Bonchev–Trinajstić information content (AvgIpc) is 2.56. The Balaban J connectivity index is 2.06. The molecular weight excluding hydrogens is 331 g/mol. The number of carbonyl (C=O) groups is 2. The zero-order chi connectivity index (χ0) is 17.7. The molecule has 2 rings (SSSR count). The highest BCUT2D eigenvalue weighted by atomic mass is 35.5. The Morgan fingerprint density at radius 1 is 1.17 bits per heavy atom. The molecule has 0 fully saturated rings. The number of amides is 2. The van der Waals surface area contributed by atoms with E-state index in [1.807, 2.05) is 6.92 Å². The molecule has 24 heavy (non-hydrogen) atoms. The van der Waals surface area contributed by atoms with Crippen LogP contribution < -0.4 is 5.32 Å². The zero-order valence-corrected chi connectivity index (χ0v) is 14.2. The standard InChI is InChI=1S/C18H18ClFN2O2/c1-3-22(18(24)13-5-8-15(20)9-6-13)11-17(23)21-16-10-14(19)7-4-12(16)2/h4-10H,3,11H2,1-2H3,(H,21,23). The van der Waals surface area contributed by atoms with Crippen LogP contribution in [0.1, 0.15) is 22.8 Å². The minimum Gasteiger partial charge on any atom is -0.330 e. The number of hydrogen-bond acceptors (Lipinski definition) is 2. The summed E-state index contributed by atoms with van der Waals surface area (Å²) in [6.07, 6.45) is 0. The summed E-state index contributed by atoms with van der Waals surface area (Å²) in [5.74, 6) is -1.06. The quantitative estimate of drug-likeness (QED) is 0.891. The van der Waals surface area contributed by atoms with Gasteiger partial charge in [-0.15, -0.1) is 0 Å². The lowest BCUT2D eigenvalue weighted by molar-refractivity contribution is -0.116. The van der Waals surface area contributed by atoms with E-state index in [-0.39, 0.29) is 18.4 Å². The topological polar surface area (TPSA) is 49.4 Å². The van der Waals surface area contributed by atoms with Crippen LogP contribution in [0.4, 0.5) is 10.1 Å². The van der Waals surface area contributed by atoms with Crippen molar-refractivity contribution in [1.29, 1.82) is 0 Å². The van der Waals surface area contributed by atoms with E-state index in [1.165, 1.54) is 29.2 Å². The number of likely N-dealkylation sites (N-methyl/N-ethyl adjacent to an activating group) is 1. The van der Waals surface area contributed by atoms with Gasteiger partial charge < -0.3 is 10.2 Å². The molecule has 0 bridgehead atoms. The van der Waals surface area contributed by atoms with Gasteiger partial charge in [-0.25, -0.2) is 4.39 Å². The van der Waals surface area contributed by atoms with Crippen LogP contribution in [-0.2, 0) is 4.79 Å². The summed E-state index contributed by atoms with van der Waals surface area (Å²) in [5, 5.41) is 3.27. The first-order valence-electron chi connectivity index (χ1n) is 7.51. The van der Waals surface area contributed by atoms with E-state index < -0.39 is 5.82 Å². The molecule has 1 N–H and O–H groups in total. The van der Waals surface area contributed by atoms with E-state index in [0.717, 1.165) is 5.56 Å². The van der Waals surface area contributed by atoms with E-state index >= 15 is 0 Å². The Kier molecular flexibility index (Phi) is 5.93. The second-order valence-corrected chi connectivity index (χ2v) is 5.77. The molecule has 0 radical (unpaired) electrons. The van der Waals surface area contributed by atoms with Crippen LogP contribution >= 0.6 is 11.6 Å². The number of hydrogen-bond donors (Lipinski definition) is 1. The maximum Gasteiger partial charge on any atom is 0.254 e. The van der Waals surface area contributed by atoms with Crippen molar-refractivity contribution < 1.29 is 14.0 Å². The lowest BCUT2D eigenvalue weighted by Gasteiger charge is -2.21. The third kappa shape index (κ3) is 4.55. The van der Waals surface area contributed by atoms with E-state index in [9.17, 15) is 14.0 Å². The highest BCUT2D eigenvalue weighted by Gasteiger charge is 2.18. The molecule has 0 aliphatic heterocycles. The monoisotopic (exact) mass is 348 g/mol. The van der Waals surface area contributed by atoms with Gasteiger partial charge in [0.25, 0.3) is 5.91 Å². The molecule has 2 amide bonds. The third-order valence-electron chi connectivity index (χ3n) is 3.57. The van der Waals surface area contributed by atoms with Crippen LogP contribution in [-0.4, -0.2) is 29.8 Å². The van der Waals surface area contributed by atoms with Crippen LogP contribution in [0.25, 0.3) is 0 Å². The van der Waals surface area contributed by atoms with Crippen molar-refractivity contribution >= 4 is 29.1 Å². The normalized spacial score (nSPS) is 10.3. The number of rotatable bonds is 5. The first kappa shape index (κ1) is 17.9. The Morgan fingerprint density at radius 3 is 2.46 bits per heavy atom. The van der Waals surface area contributed by atoms with Crippen molar-refractivity contribution in [3.05, 3.63) is 64.4 Å². The van der Waals surface area contributed by atoms with Gasteiger partial charge in [0.1, 0.15) is 12.4 Å². The molecule has 0 aliphatic carbocycles. The van der Waals surface area contributed by atoms with Crippen molar-refractivity contribution in [2.45, 2.75) is 13.8 Å². The highest BCUT2D eigenvalue weighted by Crippen LogP contribution is 2.20. The second-order valence-electron chi connectivity index (χ2n) is 5.33. The van der Waals surface area contributed by atoms with Gasteiger partial charge in [-0.3, -0.25) is 9.59 Å². The first-order valence-corrected chi connectivity index (χ1v) is 7.89. The lowest BCUT2D eigenvalue weighted by atomic mass is 10.2. The number of halogens is 2. The largest absolute Gasteiger partial charge is 0.330 e. The molecule has 2 aromatic carbocycles. The molecule has 4 nitrogen and oxygen atoms in total. The van der Waals surface area contributed by atoms with Gasteiger partial charge in [0.15, 0.2) is 0 Å². The molecule has 0 spiro atoms. The van der Waals surface area contributed by atoms with E-state index in [4.69, 9.17) is 11.6 Å². The third-order valence-corrected chi connectivity index (χ3v) is 3.80. The minimum atomic E-state index is -0.413. The predicted molar refractivity (Wildman–Crippen MR) is 92.8 cm³/mol. The van der Waals surface area contributed by atoms with Gasteiger partial charge in [-0.1, -0.05) is 17.7 Å². The molecule has 0 aromatic heterocycles. The SMILES string of the molecule is CCN(CC(=O)Nc1cc(Cl)ccc1C)C(=O)c1ccc(F)cc1. The molecular formula is C18H18ClFN2O2. The van der Waals surface area contributed by atoms with E-state index in [0.29, 0.717) is 22.8 Å². The fourth-order valence-corrected chi connectivity index (χ4v) is 2.37. The molecule has 0 atom stereocenters. The number of nitrogens with zero attached hydrogens (tertiary/aromatic N) is 1. The second kappa shape index (κ2) is 7.93. The van der Waals surface area contributed by atoms with Crippen molar-refractivity contribution in [3.63, 3.8) is 0 Å². The van der Waals surface area contributed by atoms with Crippen LogP contribution in [0.3, 0.4) is 0 Å². The number of nitrogens with one attached hydrogen (secondary N) is 1. The molecule has 0 saturated carbocycles. The molecule has 0 heterocycles. The van der Waals surface area contributed by atoms with E-state index in [1.54, 1.807) is 25.1 Å². The number of anilines is 1. The van der Waals surface area contributed by atoms with Crippen molar-refractivity contribution in [2.75, 3.05) is 18.4 Å². The van der Waals surface area contributed by atoms with Gasteiger partial charge in [0.2, 0.25) is 5.91 Å². The highest BCUT2D eigenvalue weighted by molar-refractivity contribution is 6.31. The van der Waals surface area contributed by atoms with Gasteiger partial charge in [-0.2, -0.15) is 0 Å². The molecule has 2 aromatic rings. The van der Waals surface area contributed by atoms with Crippen LogP contribution in [0, 0.1) is 12.7 Å². The van der Waals surface area contributed by atoms with Crippen molar-refractivity contribution in [2.24, 2.45) is 0 Å². The predicted octanol–water partition coefficient (Wildman–Crippen LogP) is 3.89. The summed E-state index contributed by atoms with van der Waals surface area (Å²) in [4.78, 5) is 26.0.